The molecular weight excluding hydrogens is 174 g/mol. The van der Waals surface area contributed by atoms with Crippen LogP contribution in [-0.2, 0) is 0 Å². The van der Waals surface area contributed by atoms with Crippen LogP contribution in [0.15, 0.2) is 49.6 Å². The molecule has 0 radical (unpaired) electrons. The lowest BCUT2D eigenvalue weighted by molar-refractivity contribution is 0.358. The zero-order valence-electron chi connectivity index (χ0n) is 8.15. The van der Waals surface area contributed by atoms with Gasteiger partial charge in [-0.25, -0.2) is 0 Å². The van der Waals surface area contributed by atoms with Crippen molar-refractivity contribution in [1.29, 1.82) is 0 Å². The van der Waals surface area contributed by atoms with E-state index in [1.54, 1.807) is 12.2 Å². The third-order valence-corrected chi connectivity index (χ3v) is 1.89. The van der Waals surface area contributed by atoms with E-state index in [4.69, 9.17) is 10.5 Å². The summed E-state index contributed by atoms with van der Waals surface area (Å²) in [7, 11) is 0. The third-order valence-electron chi connectivity index (χ3n) is 1.89. The van der Waals surface area contributed by atoms with E-state index in [-0.39, 0.29) is 6.04 Å². The summed E-state index contributed by atoms with van der Waals surface area (Å²) in [6, 6.07) is 7.49. The number of nitrogens with two attached hydrogens (primary N) is 1. The molecule has 0 aliphatic carbocycles. The van der Waals surface area contributed by atoms with Gasteiger partial charge < -0.3 is 10.5 Å². The van der Waals surface area contributed by atoms with Crippen molar-refractivity contribution in [2.24, 2.45) is 5.73 Å². The van der Waals surface area contributed by atoms with Crippen LogP contribution in [0, 0.1) is 0 Å². The molecule has 0 aliphatic rings. The molecule has 0 unspecified atom stereocenters. The van der Waals surface area contributed by atoms with Gasteiger partial charge in [0.05, 0.1) is 6.04 Å². The van der Waals surface area contributed by atoms with E-state index in [1.807, 2.05) is 24.3 Å². The van der Waals surface area contributed by atoms with Gasteiger partial charge in [0.1, 0.15) is 12.4 Å². The lowest BCUT2D eigenvalue weighted by Gasteiger charge is -2.12. The molecule has 0 saturated carbocycles. The van der Waals surface area contributed by atoms with E-state index in [0.717, 1.165) is 11.3 Å². The monoisotopic (exact) mass is 189 g/mol. The number of hydrogen-bond acceptors (Lipinski definition) is 2. The molecule has 2 heteroatoms. The van der Waals surface area contributed by atoms with Gasteiger partial charge in [-0.05, 0) is 6.07 Å². The van der Waals surface area contributed by atoms with Gasteiger partial charge in [-0.3, -0.25) is 0 Å². The summed E-state index contributed by atoms with van der Waals surface area (Å²) >= 11 is 0. The molecule has 2 N–H and O–H groups in total. The van der Waals surface area contributed by atoms with Crippen LogP contribution in [0.5, 0.6) is 5.75 Å². The Kier molecular flexibility index (Phi) is 3.95. The number of para-hydroxylation sites is 1. The highest BCUT2D eigenvalue weighted by atomic mass is 16.5. The molecule has 0 spiro atoms. The first-order chi connectivity index (χ1) is 6.79. The summed E-state index contributed by atoms with van der Waals surface area (Å²) in [6.07, 6.45) is 3.40. The Hall–Kier alpha value is -1.54. The first-order valence-corrected chi connectivity index (χ1v) is 4.50. The largest absolute Gasteiger partial charge is 0.489 e. The highest BCUT2D eigenvalue weighted by Gasteiger charge is 2.07. The highest BCUT2D eigenvalue weighted by molar-refractivity contribution is 5.37. The van der Waals surface area contributed by atoms with Gasteiger partial charge >= 0.3 is 0 Å². The fourth-order valence-corrected chi connectivity index (χ4v) is 1.16. The maximum absolute atomic E-state index is 5.84. The van der Waals surface area contributed by atoms with Crippen LogP contribution >= 0.6 is 0 Å². The summed E-state index contributed by atoms with van der Waals surface area (Å²) in [5, 5.41) is 0. The Morgan fingerprint density at radius 2 is 2.07 bits per heavy atom. The molecule has 2 nitrogen and oxygen atoms in total. The molecular formula is C12H15NO. The minimum atomic E-state index is -0.184. The average Bonchev–Trinajstić information content (AvgIpc) is 2.25. The molecule has 1 atom stereocenters. The SMILES string of the molecule is C=CCOc1ccccc1[C@H](N)C=C. The lowest BCUT2D eigenvalue weighted by atomic mass is 10.1. The van der Waals surface area contributed by atoms with Crippen LogP contribution < -0.4 is 10.5 Å². The second kappa shape index (κ2) is 5.25. The number of rotatable bonds is 5. The van der Waals surface area contributed by atoms with Gasteiger partial charge in [0.2, 0.25) is 0 Å². The van der Waals surface area contributed by atoms with Crippen LogP contribution in [0.25, 0.3) is 0 Å². The van der Waals surface area contributed by atoms with Crippen LogP contribution in [0.3, 0.4) is 0 Å². The number of ether oxygens (including phenoxy) is 1. The van der Waals surface area contributed by atoms with E-state index < -0.39 is 0 Å². The lowest BCUT2D eigenvalue weighted by Crippen LogP contribution is -2.09. The van der Waals surface area contributed by atoms with Gasteiger partial charge in [-0.2, -0.15) is 0 Å². The summed E-state index contributed by atoms with van der Waals surface area (Å²) < 4.78 is 5.46. The van der Waals surface area contributed by atoms with Crippen molar-refractivity contribution in [2.75, 3.05) is 6.61 Å². The predicted octanol–water partition coefficient (Wildman–Crippen LogP) is 2.44. The van der Waals surface area contributed by atoms with Gasteiger partial charge in [-0.1, -0.05) is 36.9 Å². The summed E-state index contributed by atoms with van der Waals surface area (Å²) in [4.78, 5) is 0. The summed E-state index contributed by atoms with van der Waals surface area (Å²) in [6.45, 7) is 7.74. The van der Waals surface area contributed by atoms with E-state index >= 15 is 0 Å². The zero-order valence-corrected chi connectivity index (χ0v) is 8.15. The molecule has 1 aromatic rings. The van der Waals surface area contributed by atoms with Crippen molar-refractivity contribution >= 4 is 0 Å². The number of benzene rings is 1. The van der Waals surface area contributed by atoms with Crippen molar-refractivity contribution in [3.8, 4) is 5.75 Å². The number of hydrogen-bond donors (Lipinski definition) is 1. The molecule has 0 aliphatic heterocycles. The third kappa shape index (κ3) is 2.47. The van der Waals surface area contributed by atoms with Crippen molar-refractivity contribution < 1.29 is 4.74 Å². The van der Waals surface area contributed by atoms with E-state index in [0.29, 0.717) is 6.61 Å². The summed E-state index contributed by atoms with van der Waals surface area (Å²) in [5.74, 6) is 0.791. The molecule has 0 bridgehead atoms. The first-order valence-electron chi connectivity index (χ1n) is 4.50. The van der Waals surface area contributed by atoms with E-state index in [1.165, 1.54) is 0 Å². The maximum atomic E-state index is 5.84. The fourth-order valence-electron chi connectivity index (χ4n) is 1.16. The van der Waals surface area contributed by atoms with Crippen LogP contribution in [0.1, 0.15) is 11.6 Å². The molecule has 0 heterocycles. The minimum Gasteiger partial charge on any atom is -0.489 e. The minimum absolute atomic E-state index is 0.184. The second-order valence-electron chi connectivity index (χ2n) is 2.90. The summed E-state index contributed by atoms with van der Waals surface area (Å²) in [5.41, 5.74) is 6.79. The Morgan fingerprint density at radius 3 is 2.71 bits per heavy atom. The Bertz CT molecular complexity index is 320. The Balaban J connectivity index is 2.90. The topological polar surface area (TPSA) is 35.2 Å². The molecule has 0 aromatic heterocycles. The quantitative estimate of drug-likeness (QED) is 0.722. The van der Waals surface area contributed by atoms with Gasteiger partial charge in [0, 0.05) is 5.56 Å². The smallest absolute Gasteiger partial charge is 0.124 e. The molecule has 14 heavy (non-hydrogen) atoms. The second-order valence-corrected chi connectivity index (χ2v) is 2.90. The van der Waals surface area contributed by atoms with Crippen molar-refractivity contribution in [1.82, 2.24) is 0 Å². The Labute approximate surface area is 84.7 Å². The molecule has 1 aromatic carbocycles. The molecule has 0 saturated heterocycles. The standard InChI is InChI=1S/C12H15NO/c1-3-9-14-12-8-6-5-7-10(12)11(13)4-2/h3-8,11H,1-2,9,13H2/t11-/m1/s1. The van der Waals surface area contributed by atoms with Crippen molar-refractivity contribution in [3.63, 3.8) is 0 Å². The van der Waals surface area contributed by atoms with Crippen LogP contribution in [0.2, 0.25) is 0 Å². The molecule has 0 fully saturated rings. The van der Waals surface area contributed by atoms with Gasteiger partial charge in [-0.15, -0.1) is 6.58 Å². The zero-order chi connectivity index (χ0) is 10.4. The van der Waals surface area contributed by atoms with Gasteiger partial charge in [0.25, 0.3) is 0 Å². The van der Waals surface area contributed by atoms with Crippen molar-refractivity contribution in [3.05, 3.63) is 55.1 Å². The Morgan fingerprint density at radius 1 is 1.36 bits per heavy atom. The van der Waals surface area contributed by atoms with Crippen molar-refractivity contribution in [2.45, 2.75) is 6.04 Å². The fraction of sp³-hybridized carbons (Fsp3) is 0.167. The van der Waals surface area contributed by atoms with Crippen LogP contribution in [-0.4, -0.2) is 6.61 Å². The van der Waals surface area contributed by atoms with Crippen LogP contribution in [0.4, 0.5) is 0 Å². The molecule has 74 valence electrons. The van der Waals surface area contributed by atoms with Gasteiger partial charge in [0.15, 0.2) is 0 Å². The highest BCUT2D eigenvalue weighted by Crippen LogP contribution is 2.23. The van der Waals surface area contributed by atoms with E-state index in [2.05, 4.69) is 13.2 Å². The normalized spacial score (nSPS) is 11.8. The first kappa shape index (κ1) is 10.5. The molecule has 0 amide bonds. The maximum Gasteiger partial charge on any atom is 0.124 e. The van der Waals surface area contributed by atoms with E-state index in [9.17, 15) is 0 Å². The average molecular weight is 189 g/mol. The molecule has 1 rings (SSSR count). The predicted molar refractivity (Wildman–Crippen MR) is 59.3 cm³/mol.